The van der Waals surface area contributed by atoms with Crippen molar-refractivity contribution in [1.82, 2.24) is 10.2 Å². The van der Waals surface area contributed by atoms with Crippen molar-refractivity contribution in [1.29, 1.82) is 0 Å². The number of Topliss-reactive ketones (excluding diaryl/α,β-unsaturated/α-hetero) is 1. The Morgan fingerprint density at radius 3 is 2.44 bits per heavy atom. The number of carbonyl (C=O) groups is 1. The van der Waals surface area contributed by atoms with E-state index >= 15 is 0 Å². The molecule has 0 aromatic heterocycles. The summed E-state index contributed by atoms with van der Waals surface area (Å²) in [5, 5.41) is 21.6. The average molecular weight is 250 g/mol. The van der Waals surface area contributed by atoms with Crippen molar-refractivity contribution in [2.24, 2.45) is 0 Å². The van der Waals surface area contributed by atoms with Crippen LogP contribution in [0.3, 0.4) is 0 Å². The van der Waals surface area contributed by atoms with Crippen LogP contribution in [0.1, 0.15) is 6.92 Å². The van der Waals surface area contributed by atoms with Crippen molar-refractivity contribution in [3.05, 3.63) is 36.0 Å². The van der Waals surface area contributed by atoms with E-state index < -0.39 is 7.12 Å². The number of hydrogen-bond acceptors (Lipinski definition) is 5. The van der Waals surface area contributed by atoms with Crippen LogP contribution < -0.4 is 5.32 Å². The fourth-order valence-corrected chi connectivity index (χ4v) is 1.78. The molecule has 18 heavy (non-hydrogen) atoms. The molecule has 0 unspecified atom stereocenters. The molecule has 1 saturated heterocycles. The highest BCUT2D eigenvalue weighted by Crippen LogP contribution is 2.11. The number of ketones is 1. The largest absolute Gasteiger partial charge is 0.489 e. The predicted molar refractivity (Wildman–Crippen MR) is 71.7 cm³/mol. The predicted octanol–water partition coefficient (Wildman–Crippen LogP) is -0.511. The molecule has 0 amide bonds. The van der Waals surface area contributed by atoms with Gasteiger partial charge in [-0.25, -0.2) is 0 Å². The molecule has 0 aliphatic carbocycles. The van der Waals surface area contributed by atoms with Gasteiger partial charge in [0.05, 0.1) is 0 Å². The number of piperazine rings is 1. The van der Waals surface area contributed by atoms with Gasteiger partial charge < -0.3 is 20.3 Å². The molecule has 0 aromatic rings. The van der Waals surface area contributed by atoms with Crippen molar-refractivity contribution in [2.45, 2.75) is 6.92 Å². The molecule has 0 saturated carbocycles. The molecule has 98 valence electrons. The number of carbonyl (C=O) groups excluding carboxylic acids is 1. The standard InChI is InChI=1S/C12H19BN2O3/c1-3-12(13(17)18)11(10(2)16)4-7-15-8-5-14-6-9-15/h3-4,7,14,17-18H,1,5-6,8-9H2,2H3/b7-4+,12-11-. The highest BCUT2D eigenvalue weighted by atomic mass is 16.4. The Morgan fingerprint density at radius 1 is 1.39 bits per heavy atom. The minimum atomic E-state index is -1.69. The first-order valence-corrected chi connectivity index (χ1v) is 5.93. The third kappa shape index (κ3) is 4.14. The average Bonchev–Trinajstić information content (AvgIpc) is 2.34. The SMILES string of the molecule is C=C/C(B(O)O)=C(\C=C\N1CCNCC1)C(C)=O. The van der Waals surface area contributed by atoms with Gasteiger partial charge in [0.2, 0.25) is 0 Å². The Labute approximate surface area is 108 Å². The van der Waals surface area contributed by atoms with Crippen LogP contribution in [-0.2, 0) is 4.79 Å². The smallest absolute Gasteiger partial charge is 0.423 e. The maximum atomic E-state index is 11.5. The summed E-state index contributed by atoms with van der Waals surface area (Å²) in [4.78, 5) is 13.6. The minimum Gasteiger partial charge on any atom is -0.423 e. The van der Waals surface area contributed by atoms with Crippen LogP contribution in [0.4, 0.5) is 0 Å². The lowest BCUT2D eigenvalue weighted by molar-refractivity contribution is -0.113. The normalized spacial score (nSPS) is 17.6. The molecule has 1 fully saturated rings. The second-order valence-corrected chi connectivity index (χ2v) is 4.10. The molecule has 1 aliphatic rings. The first-order valence-electron chi connectivity index (χ1n) is 5.93. The van der Waals surface area contributed by atoms with Crippen molar-refractivity contribution >= 4 is 12.9 Å². The van der Waals surface area contributed by atoms with E-state index in [9.17, 15) is 14.8 Å². The molecule has 1 rings (SSSR count). The fraction of sp³-hybridized carbons (Fsp3) is 0.417. The molecule has 0 bridgehead atoms. The molecule has 1 aliphatic heterocycles. The number of hydrogen-bond donors (Lipinski definition) is 3. The lowest BCUT2D eigenvalue weighted by Gasteiger charge is -2.25. The van der Waals surface area contributed by atoms with E-state index in [-0.39, 0.29) is 16.8 Å². The minimum absolute atomic E-state index is 0.133. The Kier molecular flexibility index (Phi) is 5.84. The summed E-state index contributed by atoms with van der Waals surface area (Å²) < 4.78 is 0. The van der Waals surface area contributed by atoms with Crippen LogP contribution in [-0.4, -0.2) is 54.0 Å². The molecule has 0 spiro atoms. The van der Waals surface area contributed by atoms with E-state index in [4.69, 9.17) is 0 Å². The fourth-order valence-electron chi connectivity index (χ4n) is 1.78. The van der Waals surface area contributed by atoms with Gasteiger partial charge in [-0.3, -0.25) is 4.79 Å². The van der Waals surface area contributed by atoms with Gasteiger partial charge in [0, 0.05) is 31.8 Å². The zero-order chi connectivity index (χ0) is 13.5. The lowest BCUT2D eigenvalue weighted by Crippen LogP contribution is -2.40. The van der Waals surface area contributed by atoms with Gasteiger partial charge in [-0.15, -0.1) is 0 Å². The lowest BCUT2D eigenvalue weighted by atomic mass is 9.75. The topological polar surface area (TPSA) is 72.8 Å². The summed E-state index contributed by atoms with van der Waals surface area (Å²) in [6.45, 7) is 8.43. The van der Waals surface area contributed by atoms with Crippen LogP contribution in [0.5, 0.6) is 0 Å². The first kappa shape index (κ1) is 14.7. The maximum absolute atomic E-state index is 11.5. The quantitative estimate of drug-likeness (QED) is 0.348. The van der Waals surface area contributed by atoms with Gasteiger partial charge >= 0.3 is 7.12 Å². The summed E-state index contributed by atoms with van der Waals surface area (Å²) in [5.74, 6) is -0.218. The second kappa shape index (κ2) is 7.15. The molecular formula is C12H19BN2O3. The van der Waals surface area contributed by atoms with Crippen LogP contribution in [0.25, 0.3) is 0 Å². The molecule has 6 heteroatoms. The molecule has 1 heterocycles. The number of rotatable bonds is 5. The van der Waals surface area contributed by atoms with E-state index in [1.165, 1.54) is 13.0 Å². The van der Waals surface area contributed by atoms with E-state index in [0.29, 0.717) is 0 Å². The van der Waals surface area contributed by atoms with Crippen molar-refractivity contribution in [3.63, 3.8) is 0 Å². The third-order valence-corrected chi connectivity index (χ3v) is 2.79. The molecule has 3 N–H and O–H groups in total. The second-order valence-electron chi connectivity index (χ2n) is 4.10. The molecule has 0 radical (unpaired) electrons. The zero-order valence-electron chi connectivity index (χ0n) is 10.6. The van der Waals surface area contributed by atoms with Crippen molar-refractivity contribution in [3.8, 4) is 0 Å². The summed E-state index contributed by atoms with van der Waals surface area (Å²) in [6, 6.07) is 0. The Hall–Kier alpha value is -1.37. The van der Waals surface area contributed by atoms with Crippen LogP contribution in [0.2, 0.25) is 0 Å². The molecule has 0 atom stereocenters. The Bertz CT molecular complexity index is 372. The summed E-state index contributed by atoms with van der Waals surface area (Å²) >= 11 is 0. The first-order chi connectivity index (χ1) is 8.56. The van der Waals surface area contributed by atoms with Crippen molar-refractivity contribution in [2.75, 3.05) is 26.2 Å². The summed E-state index contributed by atoms with van der Waals surface area (Å²) in [6.07, 6.45) is 4.72. The summed E-state index contributed by atoms with van der Waals surface area (Å²) in [7, 11) is -1.69. The Balaban J connectivity index is 2.88. The van der Waals surface area contributed by atoms with Crippen LogP contribution in [0.15, 0.2) is 36.0 Å². The number of allylic oxidation sites excluding steroid dienone is 4. The van der Waals surface area contributed by atoms with E-state index in [1.807, 2.05) is 6.20 Å². The third-order valence-electron chi connectivity index (χ3n) is 2.79. The highest BCUT2D eigenvalue weighted by molar-refractivity contribution is 6.53. The van der Waals surface area contributed by atoms with Gasteiger partial charge in [-0.1, -0.05) is 12.7 Å². The van der Waals surface area contributed by atoms with E-state index in [2.05, 4.69) is 16.8 Å². The van der Waals surface area contributed by atoms with Gasteiger partial charge in [0.15, 0.2) is 5.78 Å². The van der Waals surface area contributed by atoms with Gasteiger partial charge in [-0.2, -0.15) is 0 Å². The zero-order valence-corrected chi connectivity index (χ0v) is 10.6. The van der Waals surface area contributed by atoms with Crippen LogP contribution >= 0.6 is 0 Å². The van der Waals surface area contributed by atoms with Gasteiger partial charge in [-0.05, 0) is 24.7 Å². The van der Waals surface area contributed by atoms with E-state index in [0.717, 1.165) is 26.2 Å². The highest BCUT2D eigenvalue weighted by Gasteiger charge is 2.18. The van der Waals surface area contributed by atoms with Gasteiger partial charge in [0.25, 0.3) is 0 Å². The molecule has 0 aromatic carbocycles. The van der Waals surface area contributed by atoms with Crippen LogP contribution in [0, 0.1) is 0 Å². The number of nitrogens with one attached hydrogen (secondary N) is 1. The van der Waals surface area contributed by atoms with E-state index in [1.54, 1.807) is 6.08 Å². The molecule has 5 nitrogen and oxygen atoms in total. The summed E-state index contributed by atoms with van der Waals surface area (Å²) in [5.41, 5.74) is 0.410. The monoisotopic (exact) mass is 250 g/mol. The Morgan fingerprint density at radius 2 is 2.00 bits per heavy atom. The van der Waals surface area contributed by atoms with Gasteiger partial charge in [0.1, 0.15) is 0 Å². The molecular weight excluding hydrogens is 231 g/mol. The number of nitrogens with zero attached hydrogens (tertiary/aromatic N) is 1. The van der Waals surface area contributed by atoms with Crippen molar-refractivity contribution < 1.29 is 14.8 Å². The maximum Gasteiger partial charge on any atom is 0.489 e.